The molecule has 2 aromatic heterocycles. The summed E-state index contributed by atoms with van der Waals surface area (Å²) in [5.74, 6) is 0.554. The molecular formula is C27H24N6O. The lowest BCUT2D eigenvalue weighted by Crippen LogP contribution is -2.54. The minimum absolute atomic E-state index is 0.0150. The van der Waals surface area contributed by atoms with Crippen molar-refractivity contribution in [3.63, 3.8) is 0 Å². The zero-order valence-electron chi connectivity index (χ0n) is 19.1. The molecule has 2 aromatic carbocycles. The highest BCUT2D eigenvalue weighted by molar-refractivity contribution is 6.07. The van der Waals surface area contributed by atoms with Crippen LogP contribution in [0.4, 0.5) is 5.82 Å². The van der Waals surface area contributed by atoms with Gasteiger partial charge >= 0.3 is 0 Å². The lowest BCUT2D eigenvalue weighted by molar-refractivity contribution is 0.0675. The number of rotatable bonds is 3. The maximum absolute atomic E-state index is 13.8. The van der Waals surface area contributed by atoms with Crippen molar-refractivity contribution in [2.45, 2.75) is 19.9 Å². The molecule has 0 N–H and O–H groups in total. The average molecular weight is 449 g/mol. The van der Waals surface area contributed by atoms with Crippen LogP contribution in [-0.4, -0.2) is 51.4 Å². The topological polar surface area (TPSA) is 86.0 Å². The van der Waals surface area contributed by atoms with Crippen LogP contribution in [0.2, 0.25) is 0 Å². The highest BCUT2D eigenvalue weighted by Gasteiger charge is 2.31. The van der Waals surface area contributed by atoms with Crippen molar-refractivity contribution >= 4 is 22.6 Å². The average Bonchev–Trinajstić information content (AvgIpc) is 2.88. The van der Waals surface area contributed by atoms with Crippen molar-refractivity contribution in [2.75, 3.05) is 24.5 Å². The number of fused-ring (bicyclic) bond motifs is 1. The second kappa shape index (κ2) is 8.91. The van der Waals surface area contributed by atoms with Gasteiger partial charge in [0.2, 0.25) is 0 Å². The first-order chi connectivity index (χ1) is 16.5. The number of hydrogen-bond donors (Lipinski definition) is 0. The molecular weight excluding hydrogens is 424 g/mol. The Kier molecular flexibility index (Phi) is 5.64. The van der Waals surface area contributed by atoms with Gasteiger partial charge in [0.15, 0.2) is 11.5 Å². The van der Waals surface area contributed by atoms with Gasteiger partial charge in [0.05, 0.1) is 16.8 Å². The standard InChI is InChI=1S/C27H24N6O/c1-18-7-9-20(10-8-18)24-15-22(21-5-3-4-6-23(21)31-24)27(34)33-14-13-32(17-19(33)2)26-25(16-28)29-11-12-30-26/h3-12,15,19H,13-14,17H2,1-2H3. The van der Waals surface area contributed by atoms with Gasteiger partial charge in [0.25, 0.3) is 5.91 Å². The summed E-state index contributed by atoms with van der Waals surface area (Å²) >= 11 is 0. The third kappa shape index (κ3) is 3.95. The number of anilines is 1. The van der Waals surface area contributed by atoms with Crippen LogP contribution in [0.3, 0.4) is 0 Å². The maximum Gasteiger partial charge on any atom is 0.254 e. The number of amides is 1. The molecule has 0 saturated carbocycles. The van der Waals surface area contributed by atoms with Gasteiger partial charge in [-0.15, -0.1) is 0 Å². The summed E-state index contributed by atoms with van der Waals surface area (Å²) in [5, 5.41) is 10.2. The summed E-state index contributed by atoms with van der Waals surface area (Å²) in [4.78, 5) is 31.1. The predicted molar refractivity (Wildman–Crippen MR) is 131 cm³/mol. The summed E-state index contributed by atoms with van der Waals surface area (Å²) < 4.78 is 0. The number of hydrogen-bond acceptors (Lipinski definition) is 6. The van der Waals surface area contributed by atoms with E-state index in [9.17, 15) is 10.1 Å². The number of carbonyl (C=O) groups is 1. The highest BCUT2D eigenvalue weighted by atomic mass is 16.2. The number of piperazine rings is 1. The Hall–Kier alpha value is -4.31. The van der Waals surface area contributed by atoms with E-state index >= 15 is 0 Å². The van der Waals surface area contributed by atoms with Crippen molar-refractivity contribution in [1.29, 1.82) is 5.26 Å². The third-order valence-corrected chi connectivity index (χ3v) is 6.27. The van der Waals surface area contributed by atoms with E-state index in [0.717, 1.165) is 22.2 Å². The highest BCUT2D eigenvalue weighted by Crippen LogP contribution is 2.28. The van der Waals surface area contributed by atoms with Crippen molar-refractivity contribution in [2.24, 2.45) is 0 Å². The van der Waals surface area contributed by atoms with Gasteiger partial charge in [0, 0.05) is 49.0 Å². The lowest BCUT2D eigenvalue weighted by Gasteiger charge is -2.40. The molecule has 34 heavy (non-hydrogen) atoms. The molecule has 168 valence electrons. The van der Waals surface area contributed by atoms with Crippen LogP contribution in [0.1, 0.15) is 28.5 Å². The zero-order chi connectivity index (χ0) is 23.7. The Balaban J connectivity index is 1.48. The largest absolute Gasteiger partial charge is 0.350 e. The Bertz CT molecular complexity index is 1410. The van der Waals surface area contributed by atoms with Crippen LogP contribution in [0, 0.1) is 18.3 Å². The number of carbonyl (C=O) groups excluding carboxylic acids is 1. The minimum Gasteiger partial charge on any atom is -0.350 e. The normalized spacial score (nSPS) is 15.9. The van der Waals surface area contributed by atoms with Crippen LogP contribution in [0.5, 0.6) is 0 Å². The molecule has 1 amide bonds. The third-order valence-electron chi connectivity index (χ3n) is 6.27. The van der Waals surface area contributed by atoms with E-state index in [0.29, 0.717) is 36.7 Å². The minimum atomic E-state index is -0.0652. The first kappa shape index (κ1) is 21.5. The Morgan fingerprint density at radius 1 is 1.06 bits per heavy atom. The van der Waals surface area contributed by atoms with E-state index in [1.54, 1.807) is 6.20 Å². The van der Waals surface area contributed by atoms with Crippen LogP contribution in [-0.2, 0) is 0 Å². The van der Waals surface area contributed by atoms with Gasteiger partial charge in [0.1, 0.15) is 6.07 Å². The zero-order valence-corrected chi connectivity index (χ0v) is 19.1. The van der Waals surface area contributed by atoms with E-state index in [-0.39, 0.29) is 11.9 Å². The molecule has 1 unspecified atom stereocenters. The molecule has 0 aliphatic carbocycles. The van der Waals surface area contributed by atoms with Crippen molar-refractivity contribution in [1.82, 2.24) is 19.9 Å². The Labute approximate surface area is 198 Å². The van der Waals surface area contributed by atoms with Crippen molar-refractivity contribution in [3.8, 4) is 17.3 Å². The van der Waals surface area contributed by atoms with E-state index in [1.807, 2.05) is 66.1 Å². The molecule has 1 atom stereocenters. The van der Waals surface area contributed by atoms with Gasteiger partial charge in [-0.2, -0.15) is 5.26 Å². The monoisotopic (exact) mass is 448 g/mol. The predicted octanol–water partition coefficient (Wildman–Crippen LogP) is 4.22. The molecule has 0 radical (unpaired) electrons. The summed E-state index contributed by atoms with van der Waals surface area (Å²) in [6.07, 6.45) is 3.11. The van der Waals surface area contributed by atoms with Crippen LogP contribution >= 0.6 is 0 Å². The summed E-state index contributed by atoms with van der Waals surface area (Å²) in [7, 11) is 0. The number of benzene rings is 2. The van der Waals surface area contributed by atoms with Crippen molar-refractivity contribution < 1.29 is 4.79 Å². The van der Waals surface area contributed by atoms with Crippen LogP contribution in [0.15, 0.2) is 67.0 Å². The quantitative estimate of drug-likeness (QED) is 0.466. The molecule has 1 aliphatic rings. The van der Waals surface area contributed by atoms with E-state index < -0.39 is 0 Å². The molecule has 1 saturated heterocycles. The lowest BCUT2D eigenvalue weighted by atomic mass is 10.0. The van der Waals surface area contributed by atoms with Gasteiger partial charge in [-0.25, -0.2) is 15.0 Å². The number of pyridine rings is 1. The maximum atomic E-state index is 13.8. The first-order valence-electron chi connectivity index (χ1n) is 11.3. The molecule has 3 heterocycles. The molecule has 7 heteroatoms. The molecule has 7 nitrogen and oxygen atoms in total. The summed E-state index contributed by atoms with van der Waals surface area (Å²) in [5.41, 5.74) is 4.70. The van der Waals surface area contributed by atoms with Crippen molar-refractivity contribution in [3.05, 3.63) is 83.8 Å². The van der Waals surface area contributed by atoms with Crippen LogP contribution in [0.25, 0.3) is 22.2 Å². The Morgan fingerprint density at radius 3 is 2.59 bits per heavy atom. The Morgan fingerprint density at radius 2 is 1.82 bits per heavy atom. The summed E-state index contributed by atoms with van der Waals surface area (Å²) in [6, 6.07) is 19.9. The number of nitrogens with zero attached hydrogens (tertiary/aromatic N) is 6. The molecule has 1 aliphatic heterocycles. The number of aromatic nitrogens is 3. The van der Waals surface area contributed by atoms with E-state index in [4.69, 9.17) is 4.98 Å². The number of nitriles is 1. The van der Waals surface area contributed by atoms with Gasteiger partial charge < -0.3 is 9.80 Å². The molecule has 4 aromatic rings. The smallest absolute Gasteiger partial charge is 0.254 e. The molecule has 1 fully saturated rings. The second-order valence-electron chi connectivity index (χ2n) is 8.57. The van der Waals surface area contributed by atoms with Gasteiger partial charge in [-0.1, -0.05) is 48.0 Å². The fraction of sp³-hybridized carbons (Fsp3) is 0.222. The van der Waals surface area contributed by atoms with E-state index in [2.05, 4.69) is 28.2 Å². The van der Waals surface area contributed by atoms with Crippen LogP contribution < -0.4 is 4.90 Å². The first-order valence-corrected chi connectivity index (χ1v) is 11.3. The molecule has 0 bridgehead atoms. The number of aryl methyl sites for hydroxylation is 1. The second-order valence-corrected chi connectivity index (χ2v) is 8.57. The number of para-hydroxylation sites is 1. The van der Waals surface area contributed by atoms with Gasteiger partial charge in [-0.05, 0) is 26.0 Å². The van der Waals surface area contributed by atoms with E-state index in [1.165, 1.54) is 11.8 Å². The SMILES string of the molecule is Cc1ccc(-c2cc(C(=O)N3CCN(c4nccnc4C#N)CC3C)c3ccccc3n2)cc1. The molecule has 5 rings (SSSR count). The fourth-order valence-electron chi connectivity index (χ4n) is 4.47. The fourth-order valence-corrected chi connectivity index (χ4v) is 4.47. The molecule has 0 spiro atoms. The van der Waals surface area contributed by atoms with Gasteiger partial charge in [-0.3, -0.25) is 4.79 Å². The summed E-state index contributed by atoms with van der Waals surface area (Å²) in [6.45, 7) is 5.76.